The normalized spacial score (nSPS) is 8.76. The first kappa shape index (κ1) is 22.6. The van der Waals surface area contributed by atoms with E-state index in [0.29, 0.717) is 5.02 Å². The SMILES string of the molecule is C=C(C)C(=O)O.O=C(O)COc1cc(Cl)c(Cl)cc1Cl.[H-].[H-].[Mg+2]. The molecule has 0 spiro atoms. The molecule has 0 amide bonds. The average molecular weight is 368 g/mol. The topological polar surface area (TPSA) is 83.8 Å². The van der Waals surface area contributed by atoms with Gasteiger partial charge in [0.1, 0.15) is 5.75 Å². The number of carboxylic acid groups (broad SMARTS) is 2. The second kappa shape index (κ2) is 11.0. The number of hydrogen-bond acceptors (Lipinski definition) is 3. The van der Waals surface area contributed by atoms with E-state index in [-0.39, 0.29) is 47.3 Å². The van der Waals surface area contributed by atoms with Crippen molar-refractivity contribution in [1.82, 2.24) is 0 Å². The summed E-state index contributed by atoms with van der Waals surface area (Å²) in [6.07, 6.45) is 0. The molecule has 0 heterocycles. The van der Waals surface area contributed by atoms with E-state index in [2.05, 4.69) is 6.58 Å². The number of halogens is 3. The molecule has 1 rings (SSSR count). The first-order valence-electron chi connectivity index (χ1n) is 5.03. The third kappa shape index (κ3) is 9.81. The number of carbonyl (C=O) groups is 2. The number of hydrogen-bond donors (Lipinski definition) is 2. The summed E-state index contributed by atoms with van der Waals surface area (Å²) in [7, 11) is 0. The Morgan fingerprint density at radius 2 is 1.62 bits per heavy atom. The van der Waals surface area contributed by atoms with Crippen LogP contribution in [0.4, 0.5) is 0 Å². The largest absolute Gasteiger partial charge is 2.00 e. The van der Waals surface area contributed by atoms with E-state index in [0.717, 1.165) is 0 Å². The van der Waals surface area contributed by atoms with Crippen LogP contribution < -0.4 is 4.74 Å². The third-order valence-electron chi connectivity index (χ3n) is 1.69. The molecule has 21 heavy (non-hydrogen) atoms. The van der Waals surface area contributed by atoms with E-state index >= 15 is 0 Å². The minimum atomic E-state index is -1.09. The molecule has 5 nitrogen and oxygen atoms in total. The van der Waals surface area contributed by atoms with Crippen LogP contribution >= 0.6 is 34.8 Å². The molecule has 0 saturated carbocycles. The van der Waals surface area contributed by atoms with Crippen LogP contribution in [0.2, 0.25) is 15.1 Å². The van der Waals surface area contributed by atoms with Crippen LogP contribution in [0.25, 0.3) is 0 Å². The van der Waals surface area contributed by atoms with Gasteiger partial charge in [0.05, 0.1) is 15.1 Å². The van der Waals surface area contributed by atoms with Gasteiger partial charge < -0.3 is 17.8 Å². The zero-order valence-electron chi connectivity index (χ0n) is 13.0. The molecule has 0 aliphatic heterocycles. The van der Waals surface area contributed by atoms with E-state index in [1.807, 2.05) is 0 Å². The monoisotopic (exact) mass is 366 g/mol. The summed E-state index contributed by atoms with van der Waals surface area (Å²) in [5.74, 6) is -1.83. The zero-order chi connectivity index (χ0) is 15.9. The van der Waals surface area contributed by atoms with Gasteiger partial charge in [-0.15, -0.1) is 0 Å². The summed E-state index contributed by atoms with van der Waals surface area (Å²) in [5, 5.41) is 17.0. The molecular formula is C12H13Cl3MgO5. The number of carboxylic acids is 2. The summed E-state index contributed by atoms with van der Waals surface area (Å²) >= 11 is 17.1. The molecular weight excluding hydrogens is 355 g/mol. The summed E-state index contributed by atoms with van der Waals surface area (Å²) in [4.78, 5) is 19.8. The van der Waals surface area contributed by atoms with Crippen LogP contribution in [-0.2, 0) is 9.59 Å². The predicted octanol–water partition coefficient (Wildman–Crippen LogP) is 3.60. The molecule has 1 aromatic rings. The number of rotatable bonds is 4. The minimum absolute atomic E-state index is 0. The van der Waals surface area contributed by atoms with Crippen LogP contribution in [0.15, 0.2) is 24.3 Å². The molecule has 1 aromatic carbocycles. The van der Waals surface area contributed by atoms with Crippen LogP contribution in [0.3, 0.4) is 0 Å². The Hall–Kier alpha value is -0.664. The van der Waals surface area contributed by atoms with Gasteiger partial charge in [-0.1, -0.05) is 41.4 Å². The Bertz CT molecular complexity index is 532. The summed E-state index contributed by atoms with van der Waals surface area (Å²) < 4.78 is 4.86. The van der Waals surface area contributed by atoms with Crippen molar-refractivity contribution in [3.63, 3.8) is 0 Å². The molecule has 0 aromatic heterocycles. The smallest absolute Gasteiger partial charge is 1.00 e. The molecule has 0 fully saturated rings. The van der Waals surface area contributed by atoms with Gasteiger partial charge in [0, 0.05) is 11.6 Å². The molecule has 114 valence electrons. The molecule has 2 N–H and O–H groups in total. The van der Waals surface area contributed by atoms with Gasteiger partial charge in [-0.25, -0.2) is 9.59 Å². The Morgan fingerprint density at radius 3 is 2.00 bits per heavy atom. The molecule has 0 unspecified atom stereocenters. The van der Waals surface area contributed by atoms with E-state index in [1.165, 1.54) is 19.1 Å². The van der Waals surface area contributed by atoms with Crippen LogP contribution in [0.5, 0.6) is 5.75 Å². The molecule has 0 radical (unpaired) electrons. The Morgan fingerprint density at radius 1 is 1.19 bits per heavy atom. The van der Waals surface area contributed by atoms with Gasteiger partial charge in [0.15, 0.2) is 6.61 Å². The van der Waals surface area contributed by atoms with Gasteiger partial charge in [0.2, 0.25) is 0 Å². The van der Waals surface area contributed by atoms with Crippen molar-refractivity contribution in [3.05, 3.63) is 39.4 Å². The maximum atomic E-state index is 10.2. The second-order valence-corrected chi connectivity index (χ2v) is 4.69. The molecule has 0 bridgehead atoms. The quantitative estimate of drug-likeness (QED) is 0.482. The molecule has 0 aliphatic rings. The van der Waals surface area contributed by atoms with Crippen molar-refractivity contribution >= 4 is 69.8 Å². The second-order valence-electron chi connectivity index (χ2n) is 3.46. The molecule has 0 aliphatic carbocycles. The maximum Gasteiger partial charge on any atom is 2.00 e. The van der Waals surface area contributed by atoms with Crippen LogP contribution in [0, 0.1) is 0 Å². The zero-order valence-corrected chi connectivity index (χ0v) is 14.7. The fourth-order valence-electron chi connectivity index (χ4n) is 0.754. The molecule has 0 atom stereocenters. The van der Waals surface area contributed by atoms with Gasteiger partial charge in [-0.2, -0.15) is 0 Å². The third-order valence-corrected chi connectivity index (χ3v) is 2.71. The average Bonchev–Trinajstić information content (AvgIpc) is 2.32. The summed E-state index contributed by atoms with van der Waals surface area (Å²) in [6, 6.07) is 2.76. The maximum absolute atomic E-state index is 10.2. The standard InChI is InChI=1S/C8H5Cl3O3.C4H6O2.Mg.2H/c9-4-1-6(11)7(2-5(4)10)14-3-8(12)13;1-3(2)4(5)6;;;/h1-2H,3H2,(H,12,13);1H2,2H3,(H,5,6);;;/q;;+2;2*-1. The van der Waals surface area contributed by atoms with E-state index in [9.17, 15) is 9.59 Å². The van der Waals surface area contributed by atoms with Gasteiger partial charge >= 0.3 is 35.0 Å². The van der Waals surface area contributed by atoms with Gasteiger partial charge in [-0.05, 0) is 13.0 Å². The van der Waals surface area contributed by atoms with Gasteiger partial charge in [-0.3, -0.25) is 0 Å². The Balaban J connectivity index is -0.000000176. The van der Waals surface area contributed by atoms with E-state index in [1.54, 1.807) is 0 Å². The number of benzene rings is 1. The predicted molar refractivity (Wildman–Crippen MR) is 85.0 cm³/mol. The molecule has 0 saturated heterocycles. The molecule has 9 heteroatoms. The van der Waals surface area contributed by atoms with E-state index in [4.69, 9.17) is 49.8 Å². The van der Waals surface area contributed by atoms with Crippen molar-refractivity contribution < 1.29 is 27.4 Å². The van der Waals surface area contributed by atoms with Crippen molar-refractivity contribution in [1.29, 1.82) is 0 Å². The van der Waals surface area contributed by atoms with Crippen LogP contribution in [-0.4, -0.2) is 51.8 Å². The summed E-state index contributed by atoms with van der Waals surface area (Å²) in [6.45, 7) is 4.13. The minimum Gasteiger partial charge on any atom is -1.00 e. The van der Waals surface area contributed by atoms with Crippen molar-refractivity contribution in [2.45, 2.75) is 6.92 Å². The van der Waals surface area contributed by atoms with Crippen molar-refractivity contribution in [3.8, 4) is 5.75 Å². The fraction of sp³-hybridized carbons (Fsp3) is 0.167. The number of aliphatic carboxylic acids is 2. The Labute approximate surface area is 155 Å². The van der Waals surface area contributed by atoms with E-state index < -0.39 is 18.5 Å². The fourth-order valence-corrected chi connectivity index (χ4v) is 1.35. The van der Waals surface area contributed by atoms with Crippen molar-refractivity contribution in [2.75, 3.05) is 6.61 Å². The van der Waals surface area contributed by atoms with Crippen molar-refractivity contribution in [2.24, 2.45) is 0 Å². The first-order valence-corrected chi connectivity index (χ1v) is 6.16. The number of ether oxygens (including phenoxy) is 1. The first-order chi connectivity index (χ1) is 9.15. The summed E-state index contributed by atoms with van der Waals surface area (Å²) in [5.41, 5.74) is 0.176. The Kier molecular flexibility index (Phi) is 11.8. The van der Waals surface area contributed by atoms with Crippen LogP contribution in [0.1, 0.15) is 9.78 Å². The van der Waals surface area contributed by atoms with Gasteiger partial charge in [0.25, 0.3) is 0 Å².